The molecule has 0 aromatic carbocycles. The maximum atomic E-state index is 11.7. The van der Waals surface area contributed by atoms with Crippen molar-refractivity contribution in [3.8, 4) is 0 Å². The van der Waals surface area contributed by atoms with Crippen LogP contribution >= 0.6 is 0 Å². The Kier molecular flexibility index (Phi) is 3.62. The van der Waals surface area contributed by atoms with Crippen molar-refractivity contribution in [3.05, 3.63) is 36.2 Å². The van der Waals surface area contributed by atoms with Gasteiger partial charge in [0.05, 0.1) is 17.8 Å². The summed E-state index contributed by atoms with van der Waals surface area (Å²) in [5.41, 5.74) is 2.16. The van der Waals surface area contributed by atoms with Gasteiger partial charge in [-0.15, -0.1) is 0 Å². The predicted octanol–water partition coefficient (Wildman–Crippen LogP) is 0.901. The highest BCUT2D eigenvalue weighted by Crippen LogP contribution is 2.09. The standard InChI is InChI=1S/C13H18N4O/c1-10(13(18)16(2)3)14-8-11-9-15-17-7-5-4-6-12(11)17/h4-7,9-10,14H,8H2,1-3H3. The Balaban J connectivity index is 2.04. The zero-order chi connectivity index (χ0) is 13.1. The Morgan fingerprint density at radius 3 is 3.00 bits per heavy atom. The predicted molar refractivity (Wildman–Crippen MR) is 70.2 cm³/mol. The zero-order valence-corrected chi connectivity index (χ0v) is 10.9. The first-order valence-corrected chi connectivity index (χ1v) is 5.95. The van der Waals surface area contributed by atoms with Crippen LogP contribution in [0.3, 0.4) is 0 Å². The number of aromatic nitrogens is 2. The number of nitrogens with one attached hydrogen (secondary N) is 1. The monoisotopic (exact) mass is 246 g/mol. The van der Waals surface area contributed by atoms with E-state index in [0.717, 1.165) is 11.1 Å². The van der Waals surface area contributed by atoms with Crippen LogP contribution in [0.25, 0.3) is 5.52 Å². The van der Waals surface area contributed by atoms with Gasteiger partial charge in [-0.3, -0.25) is 4.79 Å². The molecule has 96 valence electrons. The van der Waals surface area contributed by atoms with Crippen LogP contribution in [0.4, 0.5) is 0 Å². The van der Waals surface area contributed by atoms with Crippen LogP contribution in [-0.2, 0) is 11.3 Å². The molecule has 1 unspecified atom stereocenters. The Morgan fingerprint density at radius 2 is 2.28 bits per heavy atom. The minimum Gasteiger partial charge on any atom is -0.347 e. The lowest BCUT2D eigenvalue weighted by atomic mass is 10.2. The van der Waals surface area contributed by atoms with Crippen LogP contribution < -0.4 is 5.32 Å². The summed E-state index contributed by atoms with van der Waals surface area (Å²) in [5, 5.41) is 7.47. The summed E-state index contributed by atoms with van der Waals surface area (Å²) in [5.74, 6) is 0.0754. The second-order valence-corrected chi connectivity index (χ2v) is 4.54. The molecule has 18 heavy (non-hydrogen) atoms. The quantitative estimate of drug-likeness (QED) is 0.872. The van der Waals surface area contributed by atoms with Gasteiger partial charge >= 0.3 is 0 Å². The van der Waals surface area contributed by atoms with Crippen LogP contribution in [0.1, 0.15) is 12.5 Å². The molecule has 2 rings (SSSR count). The van der Waals surface area contributed by atoms with E-state index in [-0.39, 0.29) is 11.9 Å². The Bertz CT molecular complexity index is 547. The van der Waals surface area contributed by atoms with Gasteiger partial charge in [-0.2, -0.15) is 5.10 Å². The normalized spacial score (nSPS) is 12.6. The lowest BCUT2D eigenvalue weighted by Gasteiger charge is -2.17. The van der Waals surface area contributed by atoms with Crippen LogP contribution in [-0.4, -0.2) is 40.6 Å². The lowest BCUT2D eigenvalue weighted by molar-refractivity contribution is -0.130. The van der Waals surface area contributed by atoms with Gasteiger partial charge in [0.2, 0.25) is 5.91 Å². The van der Waals surface area contributed by atoms with Crippen LogP contribution in [0, 0.1) is 0 Å². The molecule has 0 radical (unpaired) electrons. The van der Waals surface area contributed by atoms with Gasteiger partial charge < -0.3 is 10.2 Å². The molecule has 0 aliphatic heterocycles. The molecule has 0 saturated heterocycles. The molecule has 5 nitrogen and oxygen atoms in total. The molecule has 0 saturated carbocycles. The minimum absolute atomic E-state index is 0.0754. The Labute approximate surface area is 106 Å². The van der Waals surface area contributed by atoms with Crippen molar-refractivity contribution >= 4 is 11.4 Å². The van der Waals surface area contributed by atoms with E-state index in [4.69, 9.17) is 0 Å². The van der Waals surface area contributed by atoms with Crippen molar-refractivity contribution < 1.29 is 4.79 Å². The smallest absolute Gasteiger partial charge is 0.238 e. The topological polar surface area (TPSA) is 49.6 Å². The Morgan fingerprint density at radius 1 is 1.50 bits per heavy atom. The maximum Gasteiger partial charge on any atom is 0.238 e. The molecule has 0 aliphatic carbocycles. The molecule has 0 spiro atoms. The molecule has 0 bridgehead atoms. The summed E-state index contributed by atoms with van der Waals surface area (Å²) in [6.45, 7) is 2.50. The average Bonchev–Trinajstić information content (AvgIpc) is 2.78. The molecule has 1 atom stereocenters. The first kappa shape index (κ1) is 12.6. The van der Waals surface area contributed by atoms with E-state index in [0.29, 0.717) is 6.54 Å². The highest BCUT2D eigenvalue weighted by Gasteiger charge is 2.14. The summed E-state index contributed by atoms with van der Waals surface area (Å²) in [6, 6.07) is 5.74. The van der Waals surface area contributed by atoms with Gasteiger partial charge in [-0.25, -0.2) is 4.52 Å². The number of hydrogen-bond acceptors (Lipinski definition) is 3. The summed E-state index contributed by atoms with van der Waals surface area (Å²) >= 11 is 0. The van der Waals surface area contributed by atoms with E-state index >= 15 is 0 Å². The number of amides is 1. The van der Waals surface area contributed by atoms with Crippen molar-refractivity contribution in [3.63, 3.8) is 0 Å². The second-order valence-electron chi connectivity index (χ2n) is 4.54. The molecule has 2 heterocycles. The third-order valence-corrected chi connectivity index (χ3v) is 2.92. The number of carbonyl (C=O) groups is 1. The fraction of sp³-hybridized carbons (Fsp3) is 0.385. The van der Waals surface area contributed by atoms with Crippen molar-refractivity contribution in [1.29, 1.82) is 0 Å². The molecule has 2 aromatic heterocycles. The molecule has 1 amide bonds. The third kappa shape index (κ3) is 2.51. The second kappa shape index (κ2) is 5.18. The number of carbonyl (C=O) groups excluding carboxylic acids is 1. The van der Waals surface area contributed by atoms with Gasteiger partial charge in [-0.1, -0.05) is 6.07 Å². The fourth-order valence-corrected chi connectivity index (χ4v) is 1.86. The molecular weight excluding hydrogens is 228 g/mol. The number of nitrogens with zero attached hydrogens (tertiary/aromatic N) is 3. The molecule has 2 aromatic rings. The summed E-state index contributed by atoms with van der Waals surface area (Å²) in [4.78, 5) is 13.3. The fourth-order valence-electron chi connectivity index (χ4n) is 1.86. The van der Waals surface area contributed by atoms with Gasteiger partial charge in [0.1, 0.15) is 0 Å². The van der Waals surface area contributed by atoms with Crippen LogP contribution in [0.5, 0.6) is 0 Å². The van der Waals surface area contributed by atoms with E-state index < -0.39 is 0 Å². The highest BCUT2D eigenvalue weighted by molar-refractivity contribution is 5.80. The largest absolute Gasteiger partial charge is 0.347 e. The first-order valence-electron chi connectivity index (χ1n) is 5.95. The molecule has 1 N–H and O–H groups in total. The van der Waals surface area contributed by atoms with Gasteiger partial charge in [-0.05, 0) is 19.1 Å². The number of rotatable bonds is 4. The molecule has 5 heteroatoms. The zero-order valence-electron chi connectivity index (χ0n) is 10.9. The van der Waals surface area contributed by atoms with Crippen molar-refractivity contribution in [1.82, 2.24) is 19.8 Å². The van der Waals surface area contributed by atoms with E-state index in [1.165, 1.54) is 0 Å². The van der Waals surface area contributed by atoms with E-state index in [1.807, 2.05) is 42.0 Å². The van der Waals surface area contributed by atoms with Crippen LogP contribution in [0.15, 0.2) is 30.6 Å². The lowest BCUT2D eigenvalue weighted by Crippen LogP contribution is -2.41. The summed E-state index contributed by atoms with van der Waals surface area (Å²) in [7, 11) is 3.52. The number of likely N-dealkylation sites (N-methyl/N-ethyl adjacent to an activating group) is 1. The third-order valence-electron chi connectivity index (χ3n) is 2.92. The van der Waals surface area contributed by atoms with E-state index in [2.05, 4.69) is 10.4 Å². The summed E-state index contributed by atoms with van der Waals surface area (Å²) in [6.07, 6.45) is 3.74. The highest BCUT2D eigenvalue weighted by atomic mass is 16.2. The van der Waals surface area contributed by atoms with Crippen LogP contribution in [0.2, 0.25) is 0 Å². The average molecular weight is 246 g/mol. The summed E-state index contributed by atoms with van der Waals surface area (Å²) < 4.78 is 1.83. The Hall–Kier alpha value is -1.88. The number of hydrogen-bond donors (Lipinski definition) is 1. The van der Waals surface area contributed by atoms with E-state index in [9.17, 15) is 4.79 Å². The molecular formula is C13H18N4O. The number of fused-ring (bicyclic) bond motifs is 1. The van der Waals surface area contributed by atoms with Crippen molar-refractivity contribution in [2.75, 3.05) is 14.1 Å². The van der Waals surface area contributed by atoms with Gasteiger partial charge in [0.25, 0.3) is 0 Å². The first-order chi connectivity index (χ1) is 8.59. The van der Waals surface area contributed by atoms with Gasteiger partial charge in [0.15, 0.2) is 0 Å². The van der Waals surface area contributed by atoms with Gasteiger partial charge in [0, 0.05) is 32.4 Å². The molecule has 0 aliphatic rings. The molecule has 0 fully saturated rings. The maximum absolute atomic E-state index is 11.7. The number of pyridine rings is 1. The SMILES string of the molecule is CC(NCc1cnn2ccccc12)C(=O)N(C)C. The minimum atomic E-state index is -0.196. The van der Waals surface area contributed by atoms with E-state index in [1.54, 1.807) is 19.0 Å². The van der Waals surface area contributed by atoms with Crippen molar-refractivity contribution in [2.24, 2.45) is 0 Å². The van der Waals surface area contributed by atoms with Crippen molar-refractivity contribution in [2.45, 2.75) is 19.5 Å².